The molecule has 0 bridgehead atoms. The van der Waals surface area contributed by atoms with Crippen molar-refractivity contribution in [1.29, 1.82) is 0 Å². The Kier molecular flexibility index (Phi) is 29.3. The zero-order chi connectivity index (χ0) is 92.6. The first kappa shape index (κ1) is 93.0. The average Bonchev–Trinajstić information content (AvgIpc) is 1.64. The first-order valence-corrected chi connectivity index (χ1v) is 42.7. The van der Waals surface area contributed by atoms with Gasteiger partial charge >= 0.3 is 24.1 Å². The molecule has 660 valence electrons. The average molecular weight is 1820 g/mol. The number of rotatable bonds is 16. The van der Waals surface area contributed by atoms with Crippen LogP contribution in [0.1, 0.15) is 106 Å². The Hall–Kier alpha value is -14.7. The number of H-pyrrole nitrogens is 4. The van der Waals surface area contributed by atoms with E-state index in [9.17, 15) is 28.0 Å². The molecule has 30 heteroatoms. The fraction of sp³-hybridized carbons (Fsp3) is 0.160. The number of imidazole rings is 4. The van der Waals surface area contributed by atoms with Crippen molar-refractivity contribution in [1.82, 2.24) is 59.8 Å². The Morgan fingerprint density at radius 2 is 0.538 bits per heavy atom. The van der Waals surface area contributed by atoms with E-state index in [4.69, 9.17) is 66.3 Å². The Bertz CT molecular complexity index is 6670. The first-order valence-electron chi connectivity index (χ1n) is 41.2. The van der Waals surface area contributed by atoms with Crippen LogP contribution in [0.15, 0.2) is 280 Å². The second kappa shape index (κ2) is 40.9. The van der Waals surface area contributed by atoms with Crippen molar-refractivity contribution in [3.05, 3.63) is 335 Å². The molecule has 8 amide bonds. The summed E-state index contributed by atoms with van der Waals surface area (Å²) < 4.78 is 27.1. The van der Waals surface area contributed by atoms with E-state index in [1.165, 1.54) is 36.4 Å². The summed E-state index contributed by atoms with van der Waals surface area (Å²) in [5.74, 6) is 2.50. The number of carbonyl (C=O) groups is 4. The van der Waals surface area contributed by atoms with E-state index in [0.29, 0.717) is 54.9 Å². The number of benzene rings is 8. The number of urea groups is 4. The van der Waals surface area contributed by atoms with Gasteiger partial charge in [0, 0.05) is 166 Å². The normalized spacial score (nSPS) is 11.3. The largest absolute Gasteiger partial charge is 0.341 e. The SMILES string of the molecule is CC(C)(C)c1nc(-c2cccc(NC(=O)Nc3ccc(Cl)c(Cl)c3)c2)c(-c2ccncc2)[nH]1.CC(C)(C)c1nc(-c2cccc(NC(=O)Nc3ccc(Cl)cc3F)c2)c(-c2ccncc2)[nH]1.CC(C)(C)c1nc(-c2cccc(NC(=O)Nc3ccc(F)cc3)c2)c(-c2ccncc2)[nH]1.CC(C)(C)c1nc(-c2cccc(NC(=O)Nc3cccc(Cl)c3)c2)c(-c2ccncc2)[nH]1. The fourth-order valence-corrected chi connectivity index (χ4v) is 13.7. The van der Waals surface area contributed by atoms with Crippen LogP contribution >= 0.6 is 46.4 Å². The molecule has 0 unspecified atom stereocenters. The molecule has 16 rings (SSSR count). The van der Waals surface area contributed by atoms with E-state index in [1.54, 1.807) is 104 Å². The Morgan fingerprint density at radius 1 is 0.269 bits per heavy atom. The van der Waals surface area contributed by atoms with Gasteiger partial charge in [-0.15, -0.1) is 0 Å². The molecule has 0 aliphatic carbocycles. The molecular formula is C100H94Cl4F2N20O4. The van der Waals surface area contributed by atoms with Gasteiger partial charge in [-0.05, 0) is 176 Å². The van der Waals surface area contributed by atoms with Gasteiger partial charge in [0.25, 0.3) is 0 Å². The molecule has 0 aliphatic heterocycles. The van der Waals surface area contributed by atoms with Gasteiger partial charge in [-0.25, -0.2) is 47.9 Å². The summed E-state index contributed by atoms with van der Waals surface area (Å²) in [6.45, 7) is 25.2. The predicted molar refractivity (Wildman–Crippen MR) is 520 cm³/mol. The van der Waals surface area contributed by atoms with Crippen molar-refractivity contribution < 1.29 is 28.0 Å². The summed E-state index contributed by atoms with van der Waals surface area (Å²) >= 11 is 23.7. The van der Waals surface area contributed by atoms with E-state index in [1.807, 2.05) is 133 Å². The number of hydrogen-bond acceptors (Lipinski definition) is 12. The number of amides is 8. The van der Waals surface area contributed by atoms with Crippen LogP contribution in [-0.2, 0) is 21.7 Å². The van der Waals surface area contributed by atoms with E-state index in [0.717, 1.165) is 119 Å². The van der Waals surface area contributed by atoms with Crippen LogP contribution in [0.2, 0.25) is 20.1 Å². The second-order valence-corrected chi connectivity index (χ2v) is 35.8. The highest BCUT2D eigenvalue weighted by Crippen LogP contribution is 2.41. The molecule has 0 spiro atoms. The Labute approximate surface area is 771 Å². The van der Waals surface area contributed by atoms with Gasteiger partial charge in [-0.3, -0.25) is 19.9 Å². The third kappa shape index (κ3) is 25.0. The van der Waals surface area contributed by atoms with Crippen molar-refractivity contribution in [2.75, 3.05) is 42.5 Å². The summed E-state index contributed by atoms with van der Waals surface area (Å²) in [4.78, 5) is 99.7. The first-order chi connectivity index (χ1) is 62.0. The third-order valence-electron chi connectivity index (χ3n) is 19.6. The minimum Gasteiger partial charge on any atom is -0.341 e. The van der Waals surface area contributed by atoms with Crippen molar-refractivity contribution in [3.8, 4) is 90.1 Å². The minimum atomic E-state index is -0.611. The quantitative estimate of drug-likeness (QED) is 0.0430. The molecule has 0 atom stereocenters. The van der Waals surface area contributed by atoms with Gasteiger partial charge in [-0.2, -0.15) is 0 Å². The summed E-state index contributed by atoms with van der Waals surface area (Å²) in [5.41, 5.74) is 17.6. The number of nitrogens with one attached hydrogen (secondary N) is 12. The lowest BCUT2D eigenvalue weighted by molar-refractivity contribution is 0.261. The highest BCUT2D eigenvalue weighted by atomic mass is 35.5. The molecule has 0 radical (unpaired) electrons. The summed E-state index contributed by atoms with van der Waals surface area (Å²) in [6, 6.07) is 65.3. The van der Waals surface area contributed by atoms with Gasteiger partial charge in [-0.1, -0.05) is 184 Å². The minimum absolute atomic E-state index is 0.0372. The predicted octanol–water partition coefficient (Wildman–Crippen LogP) is 27.2. The molecule has 12 N–H and O–H groups in total. The van der Waals surface area contributed by atoms with Crippen molar-refractivity contribution in [2.45, 2.75) is 105 Å². The molecule has 16 aromatic rings. The molecule has 0 fully saturated rings. The fourth-order valence-electron chi connectivity index (χ4n) is 13.1. The second-order valence-electron chi connectivity index (χ2n) is 34.1. The van der Waals surface area contributed by atoms with Crippen LogP contribution < -0.4 is 42.5 Å². The van der Waals surface area contributed by atoms with E-state index in [-0.39, 0.29) is 44.2 Å². The Morgan fingerprint density at radius 3 is 0.831 bits per heavy atom. The molecule has 8 heterocycles. The number of pyridine rings is 4. The van der Waals surface area contributed by atoms with Gasteiger partial charge in [0.05, 0.1) is 61.3 Å². The van der Waals surface area contributed by atoms with Crippen LogP contribution in [0.25, 0.3) is 90.1 Å². The molecule has 0 aliphatic rings. The lowest BCUT2D eigenvalue weighted by Gasteiger charge is -2.14. The highest BCUT2D eigenvalue weighted by molar-refractivity contribution is 6.42. The molecule has 24 nitrogen and oxygen atoms in total. The number of aromatic nitrogens is 12. The van der Waals surface area contributed by atoms with Crippen molar-refractivity contribution >= 4 is 116 Å². The van der Waals surface area contributed by atoms with E-state index >= 15 is 0 Å². The summed E-state index contributed by atoms with van der Waals surface area (Å²) in [5, 5.41) is 23.6. The molecule has 8 aromatic carbocycles. The lowest BCUT2D eigenvalue weighted by Crippen LogP contribution is -2.20. The monoisotopic (exact) mass is 1820 g/mol. The Balaban J connectivity index is 0.000000148. The third-order valence-corrected chi connectivity index (χ3v) is 20.9. The molecule has 8 aromatic heterocycles. The van der Waals surface area contributed by atoms with Gasteiger partial charge in [0.15, 0.2) is 0 Å². The number of aromatic amines is 4. The smallest absolute Gasteiger partial charge is 0.323 e. The number of halogens is 6. The van der Waals surface area contributed by atoms with Crippen LogP contribution in [0.3, 0.4) is 0 Å². The van der Waals surface area contributed by atoms with Crippen LogP contribution in [0.5, 0.6) is 0 Å². The highest BCUT2D eigenvalue weighted by Gasteiger charge is 2.28. The van der Waals surface area contributed by atoms with E-state index < -0.39 is 23.9 Å². The maximum atomic E-state index is 14.0. The zero-order valence-corrected chi connectivity index (χ0v) is 76.1. The number of hydrogen-bond donors (Lipinski definition) is 12. The van der Waals surface area contributed by atoms with Crippen molar-refractivity contribution in [3.63, 3.8) is 0 Å². The number of nitrogens with zero attached hydrogens (tertiary/aromatic N) is 8. The summed E-state index contributed by atoms with van der Waals surface area (Å²) in [7, 11) is 0. The van der Waals surface area contributed by atoms with E-state index in [2.05, 4.69) is 165 Å². The number of anilines is 8. The summed E-state index contributed by atoms with van der Waals surface area (Å²) in [6.07, 6.45) is 14.0. The molecule has 0 saturated heterocycles. The van der Waals surface area contributed by atoms with Crippen LogP contribution in [0, 0.1) is 11.6 Å². The van der Waals surface area contributed by atoms with Gasteiger partial charge < -0.3 is 62.5 Å². The lowest BCUT2D eigenvalue weighted by atomic mass is 9.96. The van der Waals surface area contributed by atoms with Crippen molar-refractivity contribution in [2.24, 2.45) is 0 Å². The molecule has 0 saturated carbocycles. The topological polar surface area (TPSA) is 331 Å². The van der Waals surface area contributed by atoms with Crippen LogP contribution in [-0.4, -0.2) is 83.9 Å². The maximum Gasteiger partial charge on any atom is 0.323 e. The zero-order valence-electron chi connectivity index (χ0n) is 73.0. The van der Waals surface area contributed by atoms with Gasteiger partial charge in [0.2, 0.25) is 0 Å². The molecular weight excluding hydrogens is 1730 g/mol. The van der Waals surface area contributed by atoms with Gasteiger partial charge in [0.1, 0.15) is 34.9 Å². The maximum absolute atomic E-state index is 14.0. The number of carbonyl (C=O) groups excluding carboxylic acids is 4. The standard InChI is InChI=1S/C25H23Cl2N5O.C25H23ClFN5O.C25H24ClN5O.C25H24FN5O/c1-25(2,3)23-31-21(15-9-11-28-12-10-15)22(32-23)16-5-4-6-17(13-16)29-24(33)30-18-7-8-19(26)20(27)14-18;1-25(2,3)23-31-21(15-9-11-28-12-10-15)22(32-23)16-5-4-6-18(13-16)29-24(33)30-20-8-7-17(26)14-19(20)27;1-25(2,3)23-30-21(16-10-12-27-13-11-16)22(31-23)17-6-4-8-19(14-17)28-24(32)29-20-9-5-7-18(26)15-20;1-25(2,3)23-30-21(16-11-13-27-14-12-16)22(31-23)17-5-4-6-20(15-17)29-24(32)28-19-9-7-18(26)8-10-19/h2*4-14H,1-3H3,(H,31,32)(H2,29,30,33);2*4-15H,1-3H3,(H,30,31)(H2,28,29,32). The molecule has 130 heavy (non-hydrogen) atoms. The van der Waals surface area contributed by atoms with Crippen LogP contribution in [0.4, 0.5) is 73.5 Å².